The van der Waals surface area contributed by atoms with Crippen molar-refractivity contribution >= 4 is 0 Å². The summed E-state index contributed by atoms with van der Waals surface area (Å²) in [6, 6.07) is 3.10. The second kappa shape index (κ2) is 11.2. The molecule has 0 heterocycles. The van der Waals surface area contributed by atoms with E-state index in [-0.39, 0.29) is 12.2 Å². The second-order valence-corrected chi connectivity index (χ2v) is 9.10. The van der Waals surface area contributed by atoms with Gasteiger partial charge in [0.25, 0.3) is 0 Å². The van der Waals surface area contributed by atoms with E-state index in [2.05, 4.69) is 19.1 Å². The number of hydrogen-bond acceptors (Lipinski definition) is 1. The first kappa shape index (κ1) is 22.5. The number of benzene rings is 1. The summed E-state index contributed by atoms with van der Waals surface area (Å²) in [6.07, 6.45) is 17.2. The molecule has 0 unspecified atom stereocenters. The van der Waals surface area contributed by atoms with Gasteiger partial charge < -0.3 is 4.74 Å². The van der Waals surface area contributed by atoms with Crippen molar-refractivity contribution < 1.29 is 13.5 Å². The lowest BCUT2D eigenvalue weighted by atomic mass is 9.68. The zero-order valence-electron chi connectivity index (χ0n) is 18.3. The van der Waals surface area contributed by atoms with Gasteiger partial charge in [-0.3, -0.25) is 0 Å². The third kappa shape index (κ3) is 6.13. The number of rotatable bonds is 8. The molecule has 162 valence electrons. The van der Waals surface area contributed by atoms with Crippen molar-refractivity contribution in [2.24, 2.45) is 17.8 Å². The highest BCUT2D eigenvalue weighted by molar-refractivity contribution is 5.28. The molecule has 0 radical (unpaired) electrons. The topological polar surface area (TPSA) is 9.23 Å². The Balaban J connectivity index is 1.50. The SMILES string of the molecule is CCC/C=C/C1CCC([C@H]2CC[C@H](c3cc(F)c(COCC)c(F)c3)CC2)CC1. The molecule has 0 amide bonds. The van der Waals surface area contributed by atoms with E-state index < -0.39 is 11.6 Å². The van der Waals surface area contributed by atoms with Gasteiger partial charge in [0.15, 0.2) is 0 Å². The van der Waals surface area contributed by atoms with Crippen molar-refractivity contribution in [3.05, 3.63) is 47.0 Å². The van der Waals surface area contributed by atoms with Crippen LogP contribution in [0.15, 0.2) is 24.3 Å². The maximum Gasteiger partial charge on any atom is 0.131 e. The Morgan fingerprint density at radius 1 is 0.897 bits per heavy atom. The highest BCUT2D eigenvalue weighted by Crippen LogP contribution is 2.44. The molecule has 0 N–H and O–H groups in total. The van der Waals surface area contributed by atoms with E-state index >= 15 is 0 Å². The van der Waals surface area contributed by atoms with Gasteiger partial charge in [0.2, 0.25) is 0 Å². The van der Waals surface area contributed by atoms with E-state index in [0.29, 0.717) is 12.5 Å². The first-order valence-electron chi connectivity index (χ1n) is 11.8. The van der Waals surface area contributed by atoms with Gasteiger partial charge in [-0.2, -0.15) is 0 Å². The molecule has 2 aliphatic rings. The van der Waals surface area contributed by atoms with Crippen LogP contribution in [0.25, 0.3) is 0 Å². The van der Waals surface area contributed by atoms with Crippen molar-refractivity contribution in [2.45, 2.75) is 90.6 Å². The van der Waals surface area contributed by atoms with Crippen LogP contribution in [0.4, 0.5) is 8.78 Å². The van der Waals surface area contributed by atoms with Crippen LogP contribution in [0.5, 0.6) is 0 Å². The van der Waals surface area contributed by atoms with Crippen LogP contribution >= 0.6 is 0 Å². The lowest BCUT2D eigenvalue weighted by Crippen LogP contribution is -2.25. The Morgan fingerprint density at radius 2 is 1.48 bits per heavy atom. The Hall–Kier alpha value is -1.22. The van der Waals surface area contributed by atoms with Crippen LogP contribution in [0.2, 0.25) is 0 Å². The molecule has 0 bridgehead atoms. The lowest BCUT2D eigenvalue weighted by Gasteiger charge is -2.37. The molecular weight excluding hydrogens is 366 g/mol. The minimum absolute atomic E-state index is 0.0114. The van der Waals surface area contributed by atoms with Gasteiger partial charge in [-0.05, 0) is 106 Å². The van der Waals surface area contributed by atoms with Gasteiger partial charge >= 0.3 is 0 Å². The van der Waals surface area contributed by atoms with Crippen molar-refractivity contribution in [1.29, 1.82) is 0 Å². The first-order valence-corrected chi connectivity index (χ1v) is 11.8. The quantitative estimate of drug-likeness (QED) is 0.400. The van der Waals surface area contributed by atoms with E-state index in [9.17, 15) is 8.78 Å². The molecule has 3 rings (SSSR count). The number of ether oxygens (including phenoxy) is 1. The number of allylic oxidation sites excluding steroid dienone is 2. The number of halogens is 2. The summed E-state index contributed by atoms with van der Waals surface area (Å²) in [6.45, 7) is 4.53. The molecule has 29 heavy (non-hydrogen) atoms. The molecule has 2 aliphatic carbocycles. The summed E-state index contributed by atoms with van der Waals surface area (Å²) in [7, 11) is 0. The largest absolute Gasteiger partial charge is 0.377 e. The molecule has 2 saturated carbocycles. The molecular formula is C26H38F2O. The Kier molecular flexibility index (Phi) is 8.71. The average molecular weight is 405 g/mol. The highest BCUT2D eigenvalue weighted by Gasteiger charge is 2.31. The predicted octanol–water partition coefficient (Wildman–Crippen LogP) is 7.94. The van der Waals surface area contributed by atoms with Gasteiger partial charge in [-0.25, -0.2) is 8.78 Å². The lowest BCUT2D eigenvalue weighted by molar-refractivity contribution is 0.128. The van der Waals surface area contributed by atoms with Gasteiger partial charge in [-0.15, -0.1) is 0 Å². The van der Waals surface area contributed by atoms with E-state index in [1.54, 1.807) is 12.1 Å². The molecule has 0 saturated heterocycles. The molecule has 0 atom stereocenters. The summed E-state index contributed by atoms with van der Waals surface area (Å²) in [4.78, 5) is 0. The van der Waals surface area contributed by atoms with Gasteiger partial charge in [0, 0.05) is 12.2 Å². The molecule has 1 aromatic rings. The van der Waals surface area contributed by atoms with Crippen LogP contribution in [-0.4, -0.2) is 6.61 Å². The maximum absolute atomic E-state index is 14.4. The highest BCUT2D eigenvalue weighted by atomic mass is 19.1. The summed E-state index contributed by atoms with van der Waals surface area (Å²) in [5, 5.41) is 0. The summed E-state index contributed by atoms with van der Waals surface area (Å²) in [5.41, 5.74) is 0.900. The molecule has 0 spiro atoms. The Bertz CT molecular complexity index is 630. The molecule has 3 heteroatoms. The normalized spacial score (nSPS) is 28.1. The second-order valence-electron chi connectivity index (χ2n) is 9.10. The van der Waals surface area contributed by atoms with Crippen LogP contribution in [0.3, 0.4) is 0 Å². The Morgan fingerprint density at radius 3 is 2.03 bits per heavy atom. The van der Waals surface area contributed by atoms with Crippen molar-refractivity contribution in [3.63, 3.8) is 0 Å². The molecule has 1 nitrogen and oxygen atoms in total. The standard InChI is InChI=1S/C26H38F2O/c1-3-5-6-7-19-8-10-20(11-9-19)21-12-14-22(15-13-21)23-16-25(27)24(18-29-4-2)26(28)17-23/h6-7,16-17,19-22H,3-5,8-15,18H2,1-2H3/b7-6+/t19?,20?,21-,22-. The van der Waals surface area contributed by atoms with E-state index in [1.165, 1.54) is 51.4 Å². The zero-order valence-corrected chi connectivity index (χ0v) is 18.3. The monoisotopic (exact) mass is 404 g/mol. The predicted molar refractivity (Wildman–Crippen MR) is 116 cm³/mol. The van der Waals surface area contributed by atoms with Crippen molar-refractivity contribution in [2.75, 3.05) is 6.61 Å². The van der Waals surface area contributed by atoms with E-state index in [1.807, 2.05) is 6.92 Å². The number of unbranched alkanes of at least 4 members (excludes halogenated alkanes) is 1. The van der Waals surface area contributed by atoms with Crippen LogP contribution < -0.4 is 0 Å². The average Bonchev–Trinajstić information content (AvgIpc) is 2.74. The van der Waals surface area contributed by atoms with Crippen molar-refractivity contribution in [1.82, 2.24) is 0 Å². The first-order chi connectivity index (χ1) is 14.1. The molecule has 0 aromatic heterocycles. The van der Waals surface area contributed by atoms with Crippen LogP contribution in [-0.2, 0) is 11.3 Å². The molecule has 2 fully saturated rings. The summed E-state index contributed by atoms with van der Waals surface area (Å²) < 4.78 is 34.0. The molecule has 0 aliphatic heterocycles. The third-order valence-corrected chi connectivity index (χ3v) is 7.20. The fourth-order valence-corrected chi connectivity index (χ4v) is 5.39. The number of hydrogen-bond donors (Lipinski definition) is 0. The minimum atomic E-state index is -0.454. The fraction of sp³-hybridized carbons (Fsp3) is 0.692. The van der Waals surface area contributed by atoms with Crippen LogP contribution in [0, 0.1) is 29.4 Å². The van der Waals surface area contributed by atoms with Crippen molar-refractivity contribution in [3.8, 4) is 0 Å². The van der Waals surface area contributed by atoms with Gasteiger partial charge in [0.1, 0.15) is 11.6 Å². The van der Waals surface area contributed by atoms with E-state index in [0.717, 1.165) is 36.2 Å². The smallest absolute Gasteiger partial charge is 0.131 e. The summed E-state index contributed by atoms with van der Waals surface area (Å²) in [5.74, 6) is 1.84. The van der Waals surface area contributed by atoms with Gasteiger partial charge in [-0.1, -0.05) is 25.5 Å². The van der Waals surface area contributed by atoms with E-state index in [4.69, 9.17) is 4.74 Å². The fourth-order valence-electron chi connectivity index (χ4n) is 5.39. The maximum atomic E-state index is 14.4. The molecule has 1 aromatic carbocycles. The third-order valence-electron chi connectivity index (χ3n) is 7.20. The summed E-state index contributed by atoms with van der Waals surface area (Å²) >= 11 is 0. The zero-order chi connectivity index (χ0) is 20.6. The van der Waals surface area contributed by atoms with Crippen LogP contribution in [0.1, 0.15) is 95.1 Å². The van der Waals surface area contributed by atoms with Gasteiger partial charge in [0.05, 0.1) is 6.61 Å². The minimum Gasteiger partial charge on any atom is -0.377 e. The Labute approximate surface area is 175 Å².